The van der Waals surface area contributed by atoms with Gasteiger partial charge >= 0.3 is 6.09 Å². The largest absolute Gasteiger partial charge is 0.444 e. The quantitative estimate of drug-likeness (QED) is 0.846. The van der Waals surface area contributed by atoms with Crippen LogP contribution in [0, 0.1) is 11.3 Å². The number of nitrogens with one attached hydrogen (secondary N) is 2. The Balaban J connectivity index is 2.15. The van der Waals surface area contributed by atoms with E-state index in [-0.39, 0.29) is 5.91 Å². The lowest BCUT2D eigenvalue weighted by Gasteiger charge is -2.23. The molecule has 6 nitrogen and oxygen atoms in total. The Hall–Kier alpha value is -3.33. The second-order valence-electron chi connectivity index (χ2n) is 7.07. The second-order valence-corrected chi connectivity index (χ2v) is 7.07. The van der Waals surface area contributed by atoms with Gasteiger partial charge in [0.25, 0.3) is 0 Å². The summed E-state index contributed by atoms with van der Waals surface area (Å²) < 4.78 is 5.27. The minimum absolute atomic E-state index is 0.309. The Labute approximate surface area is 159 Å². The molecule has 0 aromatic heterocycles. The van der Waals surface area contributed by atoms with Gasteiger partial charge in [-0.25, -0.2) is 4.79 Å². The Morgan fingerprint density at radius 2 is 1.81 bits per heavy atom. The van der Waals surface area contributed by atoms with E-state index in [4.69, 9.17) is 10.00 Å². The van der Waals surface area contributed by atoms with E-state index in [9.17, 15) is 9.59 Å². The molecule has 0 aliphatic rings. The summed E-state index contributed by atoms with van der Waals surface area (Å²) in [7, 11) is 0. The average Bonchev–Trinajstić information content (AvgIpc) is 2.60. The third-order valence-corrected chi connectivity index (χ3v) is 3.55. The zero-order chi connectivity index (χ0) is 19.9. The van der Waals surface area contributed by atoms with Gasteiger partial charge in [0.2, 0.25) is 5.91 Å². The van der Waals surface area contributed by atoms with E-state index in [1.165, 1.54) is 0 Å². The number of nitriles is 1. The zero-order valence-corrected chi connectivity index (χ0v) is 15.7. The number of ether oxygens (including phenoxy) is 1. The van der Waals surface area contributed by atoms with Gasteiger partial charge in [-0.05, 0) is 44.5 Å². The molecular weight excluding hydrogens is 342 g/mol. The van der Waals surface area contributed by atoms with E-state index in [1.54, 1.807) is 45.0 Å². The van der Waals surface area contributed by atoms with Crippen LogP contribution in [0.3, 0.4) is 0 Å². The van der Waals surface area contributed by atoms with E-state index in [2.05, 4.69) is 10.6 Å². The number of benzene rings is 2. The fourth-order valence-corrected chi connectivity index (χ4v) is 2.40. The molecule has 0 aliphatic heterocycles. The van der Waals surface area contributed by atoms with E-state index in [0.717, 1.165) is 5.56 Å². The molecule has 1 unspecified atom stereocenters. The molecule has 6 heteroatoms. The molecule has 0 saturated heterocycles. The van der Waals surface area contributed by atoms with Crippen LogP contribution < -0.4 is 10.6 Å². The third kappa shape index (κ3) is 6.83. The first-order valence-electron chi connectivity index (χ1n) is 8.61. The summed E-state index contributed by atoms with van der Waals surface area (Å²) >= 11 is 0. The number of amides is 2. The van der Waals surface area contributed by atoms with E-state index in [0.29, 0.717) is 17.7 Å². The van der Waals surface area contributed by atoms with E-state index < -0.39 is 17.7 Å². The number of nitrogens with zero attached hydrogens (tertiary/aromatic N) is 1. The highest BCUT2D eigenvalue weighted by Crippen LogP contribution is 2.13. The summed E-state index contributed by atoms with van der Waals surface area (Å²) in [6, 6.07) is 17.2. The SMILES string of the molecule is CC(C)(C)OC(=O)NC(Cc1ccccc1)C(=O)Nc1cccc(C#N)c1. The predicted octanol–water partition coefficient (Wildman–Crippen LogP) is 3.63. The smallest absolute Gasteiger partial charge is 0.408 e. The highest BCUT2D eigenvalue weighted by Gasteiger charge is 2.25. The Morgan fingerprint density at radius 3 is 2.44 bits per heavy atom. The lowest BCUT2D eigenvalue weighted by molar-refractivity contribution is -0.118. The first-order valence-corrected chi connectivity index (χ1v) is 8.61. The van der Waals surface area contributed by atoms with Gasteiger partial charge in [-0.2, -0.15) is 5.26 Å². The average molecular weight is 365 g/mol. The maximum atomic E-state index is 12.8. The van der Waals surface area contributed by atoms with Crippen LogP contribution in [0.15, 0.2) is 54.6 Å². The monoisotopic (exact) mass is 365 g/mol. The van der Waals surface area contributed by atoms with Gasteiger partial charge in [0.15, 0.2) is 0 Å². The Kier molecular flexibility index (Phi) is 6.56. The van der Waals surface area contributed by atoms with Crippen molar-refractivity contribution >= 4 is 17.7 Å². The van der Waals surface area contributed by atoms with Crippen molar-refractivity contribution in [1.29, 1.82) is 5.26 Å². The van der Waals surface area contributed by atoms with Gasteiger partial charge in [0.05, 0.1) is 11.6 Å². The molecule has 27 heavy (non-hydrogen) atoms. The van der Waals surface area contributed by atoms with Crippen molar-refractivity contribution in [2.45, 2.75) is 38.8 Å². The van der Waals surface area contributed by atoms with Crippen molar-refractivity contribution < 1.29 is 14.3 Å². The molecule has 0 spiro atoms. The molecular formula is C21H23N3O3. The lowest BCUT2D eigenvalue weighted by Crippen LogP contribution is -2.47. The summed E-state index contributed by atoms with van der Waals surface area (Å²) in [6.07, 6.45) is -0.353. The Morgan fingerprint density at radius 1 is 1.11 bits per heavy atom. The van der Waals surface area contributed by atoms with Gasteiger partial charge in [0.1, 0.15) is 11.6 Å². The molecule has 0 heterocycles. The molecule has 0 aliphatic carbocycles. The van der Waals surface area contributed by atoms with Crippen molar-refractivity contribution in [2.24, 2.45) is 0 Å². The molecule has 140 valence electrons. The number of alkyl carbamates (subject to hydrolysis) is 1. The molecule has 0 radical (unpaired) electrons. The number of anilines is 1. The van der Waals surface area contributed by atoms with Gasteiger partial charge in [-0.15, -0.1) is 0 Å². The molecule has 0 fully saturated rings. The topological polar surface area (TPSA) is 91.2 Å². The highest BCUT2D eigenvalue weighted by atomic mass is 16.6. The van der Waals surface area contributed by atoms with Gasteiger partial charge in [0, 0.05) is 12.1 Å². The number of rotatable bonds is 5. The first kappa shape index (κ1) is 20.0. The van der Waals surface area contributed by atoms with Crippen LogP contribution in [0.5, 0.6) is 0 Å². The summed E-state index contributed by atoms with van der Waals surface area (Å²) in [5.74, 6) is -0.389. The molecule has 2 rings (SSSR count). The molecule has 2 aromatic rings. The number of hydrogen-bond donors (Lipinski definition) is 2. The van der Waals surface area contributed by atoms with Crippen LogP contribution >= 0.6 is 0 Å². The van der Waals surface area contributed by atoms with Crippen LogP contribution in [0.2, 0.25) is 0 Å². The molecule has 0 saturated carbocycles. The van der Waals surface area contributed by atoms with Crippen LogP contribution in [-0.4, -0.2) is 23.6 Å². The summed E-state index contributed by atoms with van der Waals surface area (Å²) in [5.41, 5.74) is 1.16. The van der Waals surface area contributed by atoms with E-state index >= 15 is 0 Å². The van der Waals surface area contributed by atoms with Crippen molar-refractivity contribution in [3.05, 3.63) is 65.7 Å². The predicted molar refractivity (Wildman–Crippen MR) is 103 cm³/mol. The van der Waals surface area contributed by atoms with Crippen molar-refractivity contribution in [3.63, 3.8) is 0 Å². The number of hydrogen-bond acceptors (Lipinski definition) is 4. The van der Waals surface area contributed by atoms with Crippen LogP contribution in [0.1, 0.15) is 31.9 Å². The van der Waals surface area contributed by atoms with E-state index in [1.807, 2.05) is 36.4 Å². The minimum atomic E-state index is -0.826. The number of carbonyl (C=O) groups is 2. The maximum absolute atomic E-state index is 12.8. The highest BCUT2D eigenvalue weighted by molar-refractivity contribution is 5.96. The van der Waals surface area contributed by atoms with Gasteiger partial charge < -0.3 is 15.4 Å². The second kappa shape index (κ2) is 8.86. The molecule has 2 aromatic carbocycles. The summed E-state index contributed by atoms with van der Waals surface area (Å²) in [4.78, 5) is 24.9. The fraction of sp³-hybridized carbons (Fsp3) is 0.286. The normalized spacial score (nSPS) is 11.8. The Bertz CT molecular complexity index is 836. The standard InChI is InChI=1S/C21H23N3O3/c1-21(2,3)27-20(26)24-18(13-15-8-5-4-6-9-15)19(25)23-17-11-7-10-16(12-17)14-22/h4-12,18H,13H2,1-3H3,(H,23,25)(H,24,26). The summed E-state index contributed by atoms with van der Waals surface area (Å²) in [6.45, 7) is 5.27. The van der Waals surface area contributed by atoms with Crippen LogP contribution in [-0.2, 0) is 16.0 Å². The number of carbonyl (C=O) groups excluding carboxylic acids is 2. The first-order chi connectivity index (χ1) is 12.8. The zero-order valence-electron chi connectivity index (χ0n) is 15.7. The van der Waals surface area contributed by atoms with Crippen molar-refractivity contribution in [3.8, 4) is 6.07 Å². The van der Waals surface area contributed by atoms with Crippen molar-refractivity contribution in [2.75, 3.05) is 5.32 Å². The molecule has 0 bridgehead atoms. The minimum Gasteiger partial charge on any atom is -0.444 e. The molecule has 2 amide bonds. The van der Waals surface area contributed by atoms with Crippen LogP contribution in [0.4, 0.5) is 10.5 Å². The van der Waals surface area contributed by atoms with Crippen LogP contribution in [0.25, 0.3) is 0 Å². The third-order valence-electron chi connectivity index (χ3n) is 3.55. The lowest BCUT2D eigenvalue weighted by atomic mass is 10.1. The fourth-order valence-electron chi connectivity index (χ4n) is 2.40. The summed E-state index contributed by atoms with van der Waals surface area (Å²) in [5, 5.41) is 14.4. The molecule has 2 N–H and O–H groups in total. The molecule has 1 atom stereocenters. The van der Waals surface area contributed by atoms with Gasteiger partial charge in [-0.1, -0.05) is 36.4 Å². The maximum Gasteiger partial charge on any atom is 0.408 e. The van der Waals surface area contributed by atoms with Crippen molar-refractivity contribution in [1.82, 2.24) is 5.32 Å². The van der Waals surface area contributed by atoms with Gasteiger partial charge in [-0.3, -0.25) is 4.79 Å².